The van der Waals surface area contributed by atoms with Crippen molar-refractivity contribution in [3.63, 3.8) is 0 Å². The molecule has 6 nitrogen and oxygen atoms in total. The SMILES string of the molecule is C/C=C(O)\C(=C/C(C)CN1CCC(N=C(N)/C=C/COC)CC1)OC. The molecular formula is C19H33N3O3. The minimum absolute atomic E-state index is 0.180. The van der Waals surface area contributed by atoms with E-state index in [1.165, 1.54) is 0 Å². The number of rotatable bonds is 9. The van der Waals surface area contributed by atoms with Crippen molar-refractivity contribution in [3.8, 4) is 0 Å². The molecule has 1 aliphatic rings. The van der Waals surface area contributed by atoms with Crippen LogP contribution < -0.4 is 5.73 Å². The summed E-state index contributed by atoms with van der Waals surface area (Å²) in [5.41, 5.74) is 5.92. The Morgan fingerprint density at radius 3 is 2.60 bits per heavy atom. The van der Waals surface area contributed by atoms with Gasteiger partial charge in [0.2, 0.25) is 0 Å². The van der Waals surface area contributed by atoms with Gasteiger partial charge in [0, 0.05) is 26.7 Å². The average molecular weight is 351 g/mol. The summed E-state index contributed by atoms with van der Waals surface area (Å²) in [4.78, 5) is 6.99. The van der Waals surface area contributed by atoms with E-state index in [0.29, 0.717) is 24.1 Å². The van der Waals surface area contributed by atoms with Gasteiger partial charge in [0.1, 0.15) is 5.84 Å². The molecule has 0 aromatic rings. The van der Waals surface area contributed by atoms with E-state index in [2.05, 4.69) is 16.8 Å². The normalized spacial score (nSPS) is 20.2. The molecule has 1 unspecified atom stereocenters. The van der Waals surface area contributed by atoms with Crippen LogP contribution in [0.5, 0.6) is 0 Å². The van der Waals surface area contributed by atoms with Crippen LogP contribution in [0, 0.1) is 5.92 Å². The molecule has 1 aliphatic heterocycles. The van der Waals surface area contributed by atoms with Gasteiger partial charge >= 0.3 is 0 Å². The second kappa shape index (κ2) is 11.7. The third kappa shape index (κ3) is 8.23. The molecule has 25 heavy (non-hydrogen) atoms. The molecule has 0 saturated carbocycles. The molecule has 142 valence electrons. The summed E-state index contributed by atoms with van der Waals surface area (Å²) in [6.07, 6.45) is 9.30. The van der Waals surface area contributed by atoms with Crippen LogP contribution in [0.2, 0.25) is 0 Å². The molecule has 0 bridgehead atoms. The van der Waals surface area contributed by atoms with Crippen molar-refractivity contribution in [1.29, 1.82) is 0 Å². The van der Waals surface area contributed by atoms with Gasteiger partial charge in [0.15, 0.2) is 11.5 Å². The molecule has 0 amide bonds. The molecule has 0 aromatic heterocycles. The molecule has 1 fully saturated rings. The summed E-state index contributed by atoms with van der Waals surface area (Å²) < 4.78 is 10.2. The number of ether oxygens (including phenoxy) is 2. The van der Waals surface area contributed by atoms with Gasteiger partial charge in [0.05, 0.1) is 19.8 Å². The van der Waals surface area contributed by atoms with E-state index in [1.54, 1.807) is 27.2 Å². The van der Waals surface area contributed by atoms with Crippen LogP contribution >= 0.6 is 0 Å². The van der Waals surface area contributed by atoms with E-state index in [-0.39, 0.29) is 11.8 Å². The Hall–Kier alpha value is -1.79. The van der Waals surface area contributed by atoms with E-state index >= 15 is 0 Å². The lowest BCUT2D eigenvalue weighted by Gasteiger charge is -2.31. The maximum Gasteiger partial charge on any atom is 0.156 e. The summed E-state index contributed by atoms with van der Waals surface area (Å²) >= 11 is 0. The van der Waals surface area contributed by atoms with Crippen LogP contribution in [0.15, 0.2) is 40.8 Å². The molecule has 0 spiro atoms. The van der Waals surface area contributed by atoms with Gasteiger partial charge in [-0.05, 0) is 43.9 Å². The Kier molecular flexibility index (Phi) is 9.96. The summed E-state index contributed by atoms with van der Waals surface area (Å²) in [6, 6.07) is 0.288. The lowest BCUT2D eigenvalue weighted by molar-refractivity contribution is 0.196. The fourth-order valence-electron chi connectivity index (χ4n) is 2.87. The number of aliphatic hydroxyl groups is 1. The predicted molar refractivity (Wildman–Crippen MR) is 103 cm³/mol. The van der Waals surface area contributed by atoms with Crippen LogP contribution in [0.3, 0.4) is 0 Å². The predicted octanol–water partition coefficient (Wildman–Crippen LogP) is 2.64. The zero-order chi connectivity index (χ0) is 18.7. The summed E-state index contributed by atoms with van der Waals surface area (Å²) in [6.45, 7) is 7.40. The van der Waals surface area contributed by atoms with Gasteiger partial charge in [0.25, 0.3) is 0 Å². The molecule has 3 N–H and O–H groups in total. The molecular weight excluding hydrogens is 318 g/mol. The van der Waals surface area contributed by atoms with E-state index in [1.807, 2.05) is 18.2 Å². The molecule has 1 heterocycles. The number of likely N-dealkylation sites (tertiary alicyclic amines) is 1. The topological polar surface area (TPSA) is 80.3 Å². The monoisotopic (exact) mass is 351 g/mol. The summed E-state index contributed by atoms with van der Waals surface area (Å²) in [5, 5.41) is 9.78. The maximum absolute atomic E-state index is 9.78. The number of aliphatic imine (C=N–C) groups is 1. The molecule has 0 radical (unpaired) electrons. The number of nitrogens with two attached hydrogens (primary N) is 1. The first kappa shape index (κ1) is 21.3. The van der Waals surface area contributed by atoms with Gasteiger partial charge in [-0.2, -0.15) is 0 Å². The third-order valence-corrected chi connectivity index (χ3v) is 4.17. The van der Waals surface area contributed by atoms with Gasteiger partial charge < -0.3 is 25.2 Å². The second-order valence-electron chi connectivity index (χ2n) is 6.33. The van der Waals surface area contributed by atoms with Crippen molar-refractivity contribution < 1.29 is 14.6 Å². The molecule has 6 heteroatoms. The van der Waals surface area contributed by atoms with E-state index < -0.39 is 0 Å². The fourth-order valence-corrected chi connectivity index (χ4v) is 2.87. The summed E-state index contributed by atoms with van der Waals surface area (Å²) in [5.74, 6) is 1.57. The van der Waals surface area contributed by atoms with Gasteiger partial charge in [-0.25, -0.2) is 0 Å². The third-order valence-electron chi connectivity index (χ3n) is 4.17. The number of aliphatic hydroxyl groups excluding tert-OH is 1. The quantitative estimate of drug-likeness (QED) is 0.289. The number of hydrogen-bond donors (Lipinski definition) is 2. The van der Waals surface area contributed by atoms with E-state index in [4.69, 9.17) is 15.2 Å². The first-order valence-electron chi connectivity index (χ1n) is 8.82. The molecule has 0 aliphatic carbocycles. The Bertz CT molecular complexity index is 504. The van der Waals surface area contributed by atoms with Crippen molar-refractivity contribution in [3.05, 3.63) is 35.8 Å². The van der Waals surface area contributed by atoms with Crippen LogP contribution in [-0.4, -0.2) is 62.3 Å². The molecule has 1 saturated heterocycles. The number of piperidine rings is 1. The number of amidine groups is 1. The number of nitrogens with zero attached hydrogens (tertiary/aromatic N) is 2. The van der Waals surface area contributed by atoms with Crippen LogP contribution in [0.4, 0.5) is 0 Å². The van der Waals surface area contributed by atoms with Crippen LogP contribution in [0.1, 0.15) is 26.7 Å². The van der Waals surface area contributed by atoms with Crippen molar-refractivity contribution in [2.24, 2.45) is 16.6 Å². The molecule has 0 aromatic carbocycles. The smallest absolute Gasteiger partial charge is 0.156 e. The first-order valence-corrected chi connectivity index (χ1v) is 8.82. The summed E-state index contributed by atoms with van der Waals surface area (Å²) in [7, 11) is 3.23. The highest BCUT2D eigenvalue weighted by Gasteiger charge is 2.20. The zero-order valence-electron chi connectivity index (χ0n) is 15.9. The number of hydrogen-bond acceptors (Lipinski definition) is 5. The van der Waals surface area contributed by atoms with Crippen LogP contribution in [0.25, 0.3) is 0 Å². The standard InChI is InChI=1S/C19H33N3O3/c1-5-17(23)18(25-4)13-15(2)14-22-10-8-16(9-11-22)21-19(20)7-6-12-24-3/h5-7,13,15-16,23H,8-12,14H2,1-4H3,(H2,20,21)/b7-6+,17-5+,18-13+. The minimum Gasteiger partial charge on any atom is -0.504 e. The van der Waals surface area contributed by atoms with E-state index in [0.717, 1.165) is 32.5 Å². The first-order chi connectivity index (χ1) is 12.0. The van der Waals surface area contributed by atoms with Gasteiger partial charge in [-0.1, -0.05) is 13.0 Å². The Morgan fingerprint density at radius 1 is 1.36 bits per heavy atom. The molecule has 1 rings (SSSR count). The van der Waals surface area contributed by atoms with Gasteiger partial charge in [-0.15, -0.1) is 0 Å². The largest absolute Gasteiger partial charge is 0.504 e. The van der Waals surface area contributed by atoms with Gasteiger partial charge in [-0.3, -0.25) is 4.99 Å². The van der Waals surface area contributed by atoms with Crippen LogP contribution in [-0.2, 0) is 9.47 Å². The van der Waals surface area contributed by atoms with E-state index in [9.17, 15) is 5.11 Å². The lowest BCUT2D eigenvalue weighted by atomic mass is 10.0. The molecule has 1 atom stereocenters. The van der Waals surface area contributed by atoms with Crippen molar-refractivity contribution >= 4 is 5.84 Å². The number of methoxy groups -OCH3 is 2. The average Bonchev–Trinajstić information content (AvgIpc) is 2.61. The highest BCUT2D eigenvalue weighted by atomic mass is 16.5. The Labute approximate surface area is 151 Å². The minimum atomic E-state index is 0.180. The maximum atomic E-state index is 9.78. The number of allylic oxidation sites excluding steroid dienone is 1. The highest BCUT2D eigenvalue weighted by molar-refractivity contribution is 5.91. The van der Waals surface area contributed by atoms with Crippen molar-refractivity contribution in [2.45, 2.75) is 32.7 Å². The lowest BCUT2D eigenvalue weighted by Crippen LogP contribution is -2.38. The zero-order valence-corrected chi connectivity index (χ0v) is 15.9. The fraction of sp³-hybridized carbons (Fsp3) is 0.632. The highest BCUT2D eigenvalue weighted by Crippen LogP contribution is 2.17. The second-order valence-corrected chi connectivity index (χ2v) is 6.33. The van der Waals surface area contributed by atoms with Crippen molar-refractivity contribution in [2.75, 3.05) is 40.5 Å². The van der Waals surface area contributed by atoms with Crippen molar-refractivity contribution in [1.82, 2.24) is 4.90 Å². The Balaban J connectivity index is 2.46. The Morgan fingerprint density at radius 2 is 2.04 bits per heavy atom.